The molecular weight excluding hydrogens is 466 g/mol. The van der Waals surface area contributed by atoms with E-state index >= 15 is 0 Å². The summed E-state index contributed by atoms with van der Waals surface area (Å²) in [5, 5.41) is 2.99. The largest absolute Gasteiger partial charge is 0.497 e. The van der Waals surface area contributed by atoms with Crippen LogP contribution < -0.4 is 19.5 Å². The highest BCUT2D eigenvalue weighted by Gasteiger charge is 2.12. The third kappa shape index (κ3) is 6.50. The number of nitrogens with one attached hydrogen (secondary N) is 1. The first kappa shape index (κ1) is 25.8. The number of amides is 1. The molecule has 1 heterocycles. The maximum absolute atomic E-state index is 12.6. The molecule has 0 atom stereocenters. The van der Waals surface area contributed by atoms with Gasteiger partial charge in [-0.1, -0.05) is 30.3 Å². The number of para-hydroxylation sites is 2. The molecule has 1 aromatic heterocycles. The number of methoxy groups -OCH3 is 2. The summed E-state index contributed by atoms with van der Waals surface area (Å²) in [4.78, 5) is 17.4. The van der Waals surface area contributed by atoms with Gasteiger partial charge < -0.3 is 24.1 Å². The Hall–Kier alpha value is -4.26. The molecule has 0 unspecified atom stereocenters. The highest BCUT2D eigenvalue weighted by Crippen LogP contribution is 2.28. The molecule has 3 aromatic carbocycles. The third-order valence-corrected chi connectivity index (χ3v) is 6.09. The number of aryl methyl sites for hydroxylation is 1. The summed E-state index contributed by atoms with van der Waals surface area (Å²) in [6.45, 7) is 5.55. The molecule has 1 amide bonds. The number of hydrogen-bond donors (Lipinski definition) is 1. The van der Waals surface area contributed by atoms with Gasteiger partial charge in [-0.15, -0.1) is 6.58 Å². The molecule has 0 bridgehead atoms. The minimum Gasteiger partial charge on any atom is -0.497 e. The fourth-order valence-corrected chi connectivity index (χ4v) is 4.25. The molecule has 37 heavy (non-hydrogen) atoms. The van der Waals surface area contributed by atoms with Crippen LogP contribution in [0.25, 0.3) is 11.0 Å². The quantitative estimate of drug-likeness (QED) is 0.202. The molecule has 0 radical (unpaired) electrons. The smallest absolute Gasteiger partial charge is 0.251 e. The molecule has 0 saturated carbocycles. The number of fused-ring (bicyclic) bond motifs is 1. The molecule has 0 aliphatic heterocycles. The highest BCUT2D eigenvalue weighted by molar-refractivity contribution is 5.94. The normalized spacial score (nSPS) is 10.8. The minimum absolute atomic E-state index is 0.136. The van der Waals surface area contributed by atoms with Crippen molar-refractivity contribution in [3.05, 3.63) is 96.3 Å². The van der Waals surface area contributed by atoms with Crippen LogP contribution in [-0.4, -0.2) is 42.8 Å². The second-order valence-electron chi connectivity index (χ2n) is 8.59. The SMILES string of the molecule is C=CCc1ccc(OCCCn2c(CCNC(=O)c3cccc(OC)c3)nc3ccccc32)c(OC)c1. The molecule has 0 aliphatic rings. The lowest BCUT2D eigenvalue weighted by Crippen LogP contribution is -2.26. The summed E-state index contributed by atoms with van der Waals surface area (Å²) >= 11 is 0. The molecule has 4 aromatic rings. The molecule has 7 heteroatoms. The number of benzene rings is 3. The van der Waals surface area contributed by atoms with Crippen LogP contribution in [0.5, 0.6) is 17.2 Å². The lowest BCUT2D eigenvalue weighted by molar-refractivity contribution is 0.0953. The van der Waals surface area contributed by atoms with Gasteiger partial charge in [-0.05, 0) is 60.9 Å². The van der Waals surface area contributed by atoms with Gasteiger partial charge in [0.2, 0.25) is 0 Å². The van der Waals surface area contributed by atoms with Gasteiger partial charge >= 0.3 is 0 Å². The van der Waals surface area contributed by atoms with Crippen LogP contribution in [-0.2, 0) is 19.4 Å². The van der Waals surface area contributed by atoms with Crippen LogP contribution in [0.1, 0.15) is 28.2 Å². The maximum Gasteiger partial charge on any atom is 0.251 e. The van der Waals surface area contributed by atoms with Crippen LogP contribution in [0.4, 0.5) is 0 Å². The Labute approximate surface area is 217 Å². The number of nitrogens with zero attached hydrogens (tertiary/aromatic N) is 2. The maximum atomic E-state index is 12.6. The predicted octanol–water partition coefficient (Wildman–Crippen LogP) is 5.22. The minimum atomic E-state index is -0.136. The summed E-state index contributed by atoms with van der Waals surface area (Å²) in [6, 6.07) is 21.2. The van der Waals surface area contributed by atoms with Crippen molar-refractivity contribution in [2.45, 2.75) is 25.8 Å². The number of aromatic nitrogens is 2. The van der Waals surface area contributed by atoms with Gasteiger partial charge in [0.05, 0.1) is 31.9 Å². The van der Waals surface area contributed by atoms with E-state index in [0.717, 1.165) is 53.3 Å². The third-order valence-electron chi connectivity index (χ3n) is 6.09. The van der Waals surface area contributed by atoms with Crippen LogP contribution in [0.15, 0.2) is 79.4 Å². The van der Waals surface area contributed by atoms with Gasteiger partial charge in [-0.3, -0.25) is 4.79 Å². The van der Waals surface area contributed by atoms with E-state index in [1.54, 1.807) is 32.4 Å². The van der Waals surface area contributed by atoms with Crippen molar-refractivity contribution in [2.75, 3.05) is 27.4 Å². The number of imidazole rings is 1. The molecule has 1 N–H and O–H groups in total. The number of hydrogen-bond acceptors (Lipinski definition) is 5. The Morgan fingerprint density at radius 2 is 1.89 bits per heavy atom. The molecule has 0 aliphatic carbocycles. The van der Waals surface area contributed by atoms with E-state index in [0.29, 0.717) is 30.9 Å². The topological polar surface area (TPSA) is 74.6 Å². The van der Waals surface area contributed by atoms with E-state index in [1.165, 1.54) is 0 Å². The zero-order valence-corrected chi connectivity index (χ0v) is 21.4. The Balaban J connectivity index is 1.37. The number of carbonyl (C=O) groups excluding carboxylic acids is 1. The van der Waals surface area contributed by atoms with Crippen molar-refractivity contribution in [1.29, 1.82) is 0 Å². The lowest BCUT2D eigenvalue weighted by atomic mass is 10.1. The first-order valence-corrected chi connectivity index (χ1v) is 12.4. The molecule has 0 fully saturated rings. The van der Waals surface area contributed by atoms with E-state index in [9.17, 15) is 4.79 Å². The first-order valence-electron chi connectivity index (χ1n) is 12.4. The second kappa shape index (κ2) is 12.6. The van der Waals surface area contributed by atoms with Crippen molar-refractivity contribution >= 4 is 16.9 Å². The number of rotatable bonds is 13. The van der Waals surface area contributed by atoms with Gasteiger partial charge in [0.15, 0.2) is 11.5 Å². The highest BCUT2D eigenvalue weighted by atomic mass is 16.5. The molecule has 0 saturated heterocycles. The zero-order valence-electron chi connectivity index (χ0n) is 21.4. The van der Waals surface area contributed by atoms with Crippen LogP contribution in [0.3, 0.4) is 0 Å². The number of allylic oxidation sites excluding steroid dienone is 1. The second-order valence-corrected chi connectivity index (χ2v) is 8.59. The average molecular weight is 500 g/mol. The Morgan fingerprint density at radius 3 is 2.70 bits per heavy atom. The van der Waals surface area contributed by atoms with Gasteiger partial charge in [0, 0.05) is 25.1 Å². The summed E-state index contributed by atoms with van der Waals surface area (Å²) in [5.41, 5.74) is 3.71. The number of carbonyl (C=O) groups is 1. The van der Waals surface area contributed by atoms with Gasteiger partial charge in [-0.2, -0.15) is 0 Å². The lowest BCUT2D eigenvalue weighted by Gasteiger charge is -2.13. The fourth-order valence-electron chi connectivity index (χ4n) is 4.25. The van der Waals surface area contributed by atoms with Crippen molar-refractivity contribution in [2.24, 2.45) is 0 Å². The van der Waals surface area contributed by atoms with E-state index in [-0.39, 0.29) is 5.91 Å². The molecule has 7 nitrogen and oxygen atoms in total. The van der Waals surface area contributed by atoms with E-state index < -0.39 is 0 Å². The standard InChI is InChI=1S/C30H33N3O4/c1-4-9-22-14-15-27(28(20-22)36-3)37-19-8-18-33-26-13-6-5-12-25(26)32-29(33)16-17-31-30(34)23-10-7-11-24(21-23)35-2/h4-7,10-15,20-21H,1,8-9,16-19H2,2-3H3,(H,31,34). The van der Waals surface area contributed by atoms with Gasteiger partial charge in [-0.25, -0.2) is 4.98 Å². The molecule has 4 rings (SSSR count). The van der Waals surface area contributed by atoms with Gasteiger partial charge in [0.1, 0.15) is 11.6 Å². The number of ether oxygens (including phenoxy) is 3. The van der Waals surface area contributed by atoms with Crippen molar-refractivity contribution in [3.8, 4) is 17.2 Å². The monoisotopic (exact) mass is 499 g/mol. The van der Waals surface area contributed by atoms with Crippen molar-refractivity contribution < 1.29 is 19.0 Å². The summed E-state index contributed by atoms with van der Waals surface area (Å²) in [5.74, 6) is 2.90. The first-order chi connectivity index (χ1) is 18.1. The predicted molar refractivity (Wildman–Crippen MR) is 146 cm³/mol. The molecule has 0 spiro atoms. The van der Waals surface area contributed by atoms with E-state index in [4.69, 9.17) is 19.2 Å². The summed E-state index contributed by atoms with van der Waals surface area (Å²) < 4.78 is 19.0. The fraction of sp³-hybridized carbons (Fsp3) is 0.267. The Bertz CT molecular complexity index is 1360. The van der Waals surface area contributed by atoms with Crippen molar-refractivity contribution in [3.63, 3.8) is 0 Å². The van der Waals surface area contributed by atoms with E-state index in [2.05, 4.69) is 22.5 Å². The Morgan fingerprint density at radius 1 is 1.03 bits per heavy atom. The molecule has 192 valence electrons. The van der Waals surface area contributed by atoms with Crippen LogP contribution in [0, 0.1) is 0 Å². The molecular formula is C30H33N3O4. The van der Waals surface area contributed by atoms with Crippen LogP contribution >= 0.6 is 0 Å². The average Bonchev–Trinajstić information content (AvgIpc) is 3.28. The van der Waals surface area contributed by atoms with E-state index in [1.807, 2.05) is 48.5 Å². The summed E-state index contributed by atoms with van der Waals surface area (Å²) in [6.07, 6.45) is 4.06. The zero-order chi connectivity index (χ0) is 26.0. The van der Waals surface area contributed by atoms with Crippen molar-refractivity contribution in [1.82, 2.24) is 14.9 Å². The summed E-state index contributed by atoms with van der Waals surface area (Å²) in [7, 11) is 3.24. The Kier molecular flexibility index (Phi) is 8.81. The van der Waals surface area contributed by atoms with Crippen LogP contribution in [0.2, 0.25) is 0 Å². The van der Waals surface area contributed by atoms with Gasteiger partial charge in [0.25, 0.3) is 5.91 Å².